The molecule has 0 aliphatic carbocycles. The van der Waals surface area contributed by atoms with Crippen molar-refractivity contribution in [1.82, 2.24) is 15.0 Å². The molecule has 0 saturated heterocycles. The number of aromatic nitrogens is 4. The molecule has 0 saturated carbocycles. The van der Waals surface area contributed by atoms with Crippen LogP contribution in [0, 0.1) is 6.92 Å². The van der Waals surface area contributed by atoms with Crippen LogP contribution in [0.15, 0.2) is 30.6 Å². The fraction of sp³-hybridized carbons (Fsp3) is 0.154. The van der Waals surface area contributed by atoms with Crippen molar-refractivity contribution in [3.63, 3.8) is 0 Å². The summed E-state index contributed by atoms with van der Waals surface area (Å²) in [4.78, 5) is 14.3. The predicted octanol–water partition coefficient (Wildman–Crippen LogP) is 2.35. The summed E-state index contributed by atoms with van der Waals surface area (Å²) in [6.45, 7) is 2.76. The molecule has 96 valence electrons. The Morgan fingerprint density at radius 3 is 3.11 bits per heavy atom. The maximum absolute atomic E-state index is 5.89. The van der Waals surface area contributed by atoms with Crippen molar-refractivity contribution in [3.8, 4) is 0 Å². The van der Waals surface area contributed by atoms with Crippen LogP contribution in [-0.2, 0) is 6.54 Å². The van der Waals surface area contributed by atoms with Gasteiger partial charge in [0.25, 0.3) is 0 Å². The van der Waals surface area contributed by atoms with Gasteiger partial charge in [-0.2, -0.15) is 4.98 Å². The maximum Gasteiger partial charge on any atom is 0.306 e. The van der Waals surface area contributed by atoms with Gasteiger partial charge in [0, 0.05) is 6.54 Å². The van der Waals surface area contributed by atoms with Crippen molar-refractivity contribution in [2.45, 2.75) is 13.5 Å². The van der Waals surface area contributed by atoms with E-state index in [9.17, 15) is 0 Å². The molecule has 6 heteroatoms. The smallest absolute Gasteiger partial charge is 0.306 e. The first kappa shape index (κ1) is 11.9. The summed E-state index contributed by atoms with van der Waals surface area (Å²) in [5, 5.41) is 3.49. The van der Waals surface area contributed by atoms with Gasteiger partial charge in [0.1, 0.15) is 0 Å². The SMILES string of the molecule is Cc1cccc(CNc2nc(Cl)nc3[nH+]c[nH]c23)c1. The minimum Gasteiger partial charge on any atom is -0.363 e. The predicted molar refractivity (Wildman–Crippen MR) is 74.0 cm³/mol. The largest absolute Gasteiger partial charge is 0.363 e. The van der Waals surface area contributed by atoms with Crippen molar-refractivity contribution in [3.05, 3.63) is 47.0 Å². The molecule has 0 amide bonds. The third kappa shape index (κ3) is 2.51. The van der Waals surface area contributed by atoms with E-state index in [1.54, 1.807) is 6.33 Å². The number of aryl methyl sites for hydroxylation is 1. The topological polar surface area (TPSA) is 67.7 Å². The number of fused-ring (bicyclic) bond motifs is 1. The van der Waals surface area contributed by atoms with Gasteiger partial charge in [-0.05, 0) is 24.1 Å². The van der Waals surface area contributed by atoms with Crippen LogP contribution in [0.2, 0.25) is 5.28 Å². The minimum atomic E-state index is 0.218. The van der Waals surface area contributed by atoms with Crippen LogP contribution < -0.4 is 10.3 Å². The summed E-state index contributed by atoms with van der Waals surface area (Å²) in [7, 11) is 0. The van der Waals surface area contributed by atoms with Crippen LogP contribution in [0.1, 0.15) is 11.1 Å². The normalized spacial score (nSPS) is 10.8. The zero-order valence-corrected chi connectivity index (χ0v) is 11.1. The van der Waals surface area contributed by atoms with Crippen molar-refractivity contribution in [1.29, 1.82) is 0 Å². The molecule has 19 heavy (non-hydrogen) atoms. The van der Waals surface area contributed by atoms with E-state index < -0.39 is 0 Å². The molecule has 5 nitrogen and oxygen atoms in total. The van der Waals surface area contributed by atoms with Crippen LogP contribution in [0.5, 0.6) is 0 Å². The van der Waals surface area contributed by atoms with E-state index in [2.05, 4.69) is 50.4 Å². The average Bonchev–Trinajstić information content (AvgIpc) is 2.84. The van der Waals surface area contributed by atoms with Crippen molar-refractivity contribution in [2.75, 3.05) is 5.32 Å². The average molecular weight is 275 g/mol. The number of benzene rings is 1. The Bertz CT molecular complexity index is 722. The summed E-state index contributed by atoms with van der Waals surface area (Å²) in [5.74, 6) is 0.692. The second kappa shape index (κ2) is 4.85. The first-order valence-electron chi connectivity index (χ1n) is 5.94. The quantitative estimate of drug-likeness (QED) is 0.721. The molecule has 0 spiro atoms. The summed E-state index contributed by atoms with van der Waals surface area (Å²) < 4.78 is 0. The fourth-order valence-electron chi connectivity index (χ4n) is 1.99. The lowest BCUT2D eigenvalue weighted by atomic mass is 10.1. The first-order valence-corrected chi connectivity index (χ1v) is 6.32. The lowest BCUT2D eigenvalue weighted by molar-refractivity contribution is -0.347. The number of nitrogens with one attached hydrogen (secondary N) is 3. The molecular formula is C13H13ClN5+. The summed E-state index contributed by atoms with van der Waals surface area (Å²) in [6, 6.07) is 8.31. The summed E-state index contributed by atoms with van der Waals surface area (Å²) >= 11 is 5.89. The molecular weight excluding hydrogens is 262 g/mol. The standard InChI is InChI=1S/C13H12ClN5/c1-8-3-2-4-9(5-8)6-15-11-10-12(17-7-16-10)19-13(14)18-11/h2-5,7H,6H2,1H3,(H2,15,16,17,18,19)/p+1. The Balaban J connectivity index is 1.87. The molecule has 0 aliphatic heterocycles. The van der Waals surface area contributed by atoms with Crippen LogP contribution in [0.3, 0.4) is 0 Å². The Morgan fingerprint density at radius 1 is 1.37 bits per heavy atom. The van der Waals surface area contributed by atoms with Gasteiger partial charge in [-0.3, -0.25) is 4.98 Å². The highest BCUT2D eigenvalue weighted by Crippen LogP contribution is 2.17. The number of nitrogens with zero attached hydrogens (tertiary/aromatic N) is 2. The number of imidazole rings is 1. The van der Waals surface area contributed by atoms with Crippen LogP contribution in [-0.4, -0.2) is 15.0 Å². The third-order valence-electron chi connectivity index (χ3n) is 2.85. The van der Waals surface area contributed by atoms with Crippen molar-refractivity contribution < 1.29 is 4.98 Å². The van der Waals surface area contributed by atoms with Gasteiger partial charge in [0.2, 0.25) is 5.52 Å². The molecule has 0 atom stereocenters. The van der Waals surface area contributed by atoms with Crippen LogP contribution in [0.4, 0.5) is 5.82 Å². The van der Waals surface area contributed by atoms with Gasteiger partial charge < -0.3 is 5.32 Å². The van der Waals surface area contributed by atoms with Gasteiger partial charge in [-0.25, -0.2) is 4.98 Å². The Kier molecular flexibility index (Phi) is 3.05. The highest BCUT2D eigenvalue weighted by Gasteiger charge is 2.14. The van der Waals surface area contributed by atoms with E-state index >= 15 is 0 Å². The minimum absolute atomic E-state index is 0.218. The Morgan fingerprint density at radius 2 is 2.26 bits per heavy atom. The second-order valence-electron chi connectivity index (χ2n) is 4.34. The van der Waals surface area contributed by atoms with Gasteiger partial charge in [-0.1, -0.05) is 34.8 Å². The number of anilines is 1. The van der Waals surface area contributed by atoms with E-state index in [0.717, 1.165) is 5.52 Å². The molecule has 0 aliphatic rings. The van der Waals surface area contributed by atoms with Crippen LogP contribution >= 0.6 is 11.6 Å². The lowest BCUT2D eigenvalue weighted by Gasteiger charge is -2.05. The number of aromatic amines is 2. The molecule has 2 aromatic heterocycles. The number of H-pyrrole nitrogens is 2. The van der Waals surface area contributed by atoms with Gasteiger partial charge in [-0.15, -0.1) is 0 Å². The molecule has 0 unspecified atom stereocenters. The summed E-state index contributed by atoms with van der Waals surface area (Å²) in [6.07, 6.45) is 1.70. The molecule has 0 radical (unpaired) electrons. The van der Waals surface area contributed by atoms with Gasteiger partial charge >= 0.3 is 10.9 Å². The van der Waals surface area contributed by atoms with Gasteiger partial charge in [0.05, 0.1) is 0 Å². The monoisotopic (exact) mass is 274 g/mol. The Labute approximate surface area is 115 Å². The molecule has 3 rings (SSSR count). The van der Waals surface area contributed by atoms with E-state index in [4.69, 9.17) is 11.6 Å². The third-order valence-corrected chi connectivity index (χ3v) is 3.02. The molecule has 3 aromatic rings. The number of hydrogen-bond acceptors (Lipinski definition) is 3. The lowest BCUT2D eigenvalue weighted by Crippen LogP contribution is -2.05. The molecule has 0 bridgehead atoms. The first-order chi connectivity index (χ1) is 9.22. The van der Waals surface area contributed by atoms with Crippen molar-refractivity contribution in [2.24, 2.45) is 0 Å². The Hall–Kier alpha value is -2.14. The van der Waals surface area contributed by atoms with Crippen molar-refractivity contribution >= 4 is 28.6 Å². The number of hydrogen-bond donors (Lipinski definition) is 2. The van der Waals surface area contributed by atoms with Crippen LogP contribution in [0.25, 0.3) is 11.2 Å². The highest BCUT2D eigenvalue weighted by molar-refractivity contribution is 6.28. The second-order valence-corrected chi connectivity index (χ2v) is 4.68. The number of halogens is 1. The molecule has 2 heterocycles. The van der Waals surface area contributed by atoms with E-state index in [1.165, 1.54) is 11.1 Å². The molecule has 3 N–H and O–H groups in total. The summed E-state index contributed by atoms with van der Waals surface area (Å²) in [5.41, 5.74) is 3.93. The zero-order chi connectivity index (χ0) is 13.2. The highest BCUT2D eigenvalue weighted by atomic mass is 35.5. The zero-order valence-electron chi connectivity index (χ0n) is 10.4. The number of rotatable bonds is 3. The van der Waals surface area contributed by atoms with E-state index in [-0.39, 0.29) is 5.28 Å². The van der Waals surface area contributed by atoms with E-state index in [0.29, 0.717) is 18.0 Å². The maximum atomic E-state index is 5.89. The van der Waals surface area contributed by atoms with E-state index in [1.807, 2.05) is 6.07 Å². The molecule has 0 fully saturated rings. The molecule has 1 aromatic carbocycles. The van der Waals surface area contributed by atoms with Gasteiger partial charge in [0.15, 0.2) is 12.1 Å². The fourth-order valence-corrected chi connectivity index (χ4v) is 2.16.